The first-order valence-corrected chi connectivity index (χ1v) is 7.00. The highest BCUT2D eigenvalue weighted by Gasteiger charge is 2.16. The molecule has 0 N–H and O–H groups in total. The first-order valence-electron chi connectivity index (χ1n) is 4.84. The van der Waals surface area contributed by atoms with Gasteiger partial charge in [0.05, 0.1) is 0 Å². The Hall–Kier alpha value is 0.680. The second-order valence-electron chi connectivity index (χ2n) is 4.52. The lowest BCUT2D eigenvalue weighted by molar-refractivity contribution is 0.589. The van der Waals surface area contributed by atoms with Crippen molar-refractivity contribution < 1.29 is 0 Å². The third-order valence-corrected chi connectivity index (χ3v) is 4.29. The highest BCUT2D eigenvalue weighted by atomic mass is 127. The number of benzene rings is 1. The minimum Gasteiger partial charge on any atom is -0.0612 e. The van der Waals surface area contributed by atoms with Crippen LogP contribution < -0.4 is 0 Å². The molecule has 0 atom stereocenters. The van der Waals surface area contributed by atoms with Crippen LogP contribution in [0.15, 0.2) is 12.1 Å². The van der Waals surface area contributed by atoms with E-state index in [-0.39, 0.29) is 5.41 Å². The Kier molecular flexibility index (Phi) is 4.26. The molecule has 0 aliphatic rings. The summed E-state index contributed by atoms with van der Waals surface area (Å²) in [6, 6.07) is 4.64. The molecular formula is C12H16I2. The standard InChI is InChI=1S/C12H16I2/c1-5-9-10(13)6-8(7-11(9)14)12(2,3)4/h6-7H,5H2,1-4H3. The van der Waals surface area contributed by atoms with Crippen molar-refractivity contribution in [3.05, 3.63) is 30.4 Å². The van der Waals surface area contributed by atoms with Gasteiger partial charge >= 0.3 is 0 Å². The molecule has 0 heterocycles. The van der Waals surface area contributed by atoms with Gasteiger partial charge in [-0.2, -0.15) is 0 Å². The maximum absolute atomic E-state index is 2.45. The Bertz CT molecular complexity index is 312. The van der Waals surface area contributed by atoms with E-state index >= 15 is 0 Å². The average Bonchev–Trinajstić information content (AvgIpc) is 2.01. The van der Waals surface area contributed by atoms with Gasteiger partial charge in [-0.15, -0.1) is 0 Å². The van der Waals surface area contributed by atoms with Gasteiger partial charge in [0.1, 0.15) is 0 Å². The first kappa shape index (κ1) is 12.7. The summed E-state index contributed by atoms with van der Waals surface area (Å²) in [4.78, 5) is 0. The molecule has 0 saturated heterocycles. The molecule has 0 nitrogen and oxygen atoms in total. The van der Waals surface area contributed by atoms with Gasteiger partial charge in [0.2, 0.25) is 0 Å². The SMILES string of the molecule is CCc1c(I)cc(C(C)(C)C)cc1I. The maximum atomic E-state index is 2.45. The van der Waals surface area contributed by atoms with Crippen molar-refractivity contribution in [3.63, 3.8) is 0 Å². The van der Waals surface area contributed by atoms with Crippen LogP contribution in [-0.4, -0.2) is 0 Å². The van der Waals surface area contributed by atoms with E-state index in [1.165, 1.54) is 18.3 Å². The third kappa shape index (κ3) is 2.84. The van der Waals surface area contributed by atoms with Crippen LogP contribution in [0.4, 0.5) is 0 Å². The zero-order chi connectivity index (χ0) is 10.9. The van der Waals surface area contributed by atoms with E-state index in [1.807, 2.05) is 0 Å². The molecule has 0 saturated carbocycles. The van der Waals surface area contributed by atoms with Gasteiger partial charge in [0.25, 0.3) is 0 Å². The van der Waals surface area contributed by atoms with E-state index in [0.717, 1.165) is 6.42 Å². The van der Waals surface area contributed by atoms with Crippen LogP contribution in [0.3, 0.4) is 0 Å². The van der Waals surface area contributed by atoms with Crippen molar-refractivity contribution in [1.29, 1.82) is 0 Å². The van der Waals surface area contributed by atoms with Gasteiger partial charge in [-0.05, 0) is 80.3 Å². The van der Waals surface area contributed by atoms with Crippen molar-refractivity contribution >= 4 is 45.2 Å². The van der Waals surface area contributed by atoms with E-state index in [1.54, 1.807) is 0 Å². The lowest BCUT2D eigenvalue weighted by Crippen LogP contribution is -2.12. The lowest BCUT2D eigenvalue weighted by atomic mass is 9.86. The molecule has 0 aliphatic heterocycles. The summed E-state index contributed by atoms with van der Waals surface area (Å²) in [5.41, 5.74) is 3.18. The van der Waals surface area contributed by atoms with Crippen molar-refractivity contribution in [2.24, 2.45) is 0 Å². The molecule has 0 fully saturated rings. The van der Waals surface area contributed by atoms with Crippen molar-refractivity contribution in [3.8, 4) is 0 Å². The van der Waals surface area contributed by atoms with E-state index in [2.05, 4.69) is 85.0 Å². The van der Waals surface area contributed by atoms with Gasteiger partial charge in [-0.3, -0.25) is 0 Å². The fourth-order valence-electron chi connectivity index (χ4n) is 1.37. The number of hydrogen-bond acceptors (Lipinski definition) is 0. The first-order chi connectivity index (χ1) is 6.36. The molecule has 0 unspecified atom stereocenters. The largest absolute Gasteiger partial charge is 0.0612 e. The molecule has 78 valence electrons. The van der Waals surface area contributed by atoms with Gasteiger partial charge < -0.3 is 0 Å². The molecule has 0 bridgehead atoms. The third-order valence-electron chi connectivity index (χ3n) is 2.36. The number of rotatable bonds is 1. The molecule has 1 aromatic carbocycles. The zero-order valence-corrected chi connectivity index (χ0v) is 13.4. The van der Waals surface area contributed by atoms with E-state index in [0.29, 0.717) is 0 Å². The Morgan fingerprint density at radius 1 is 1.07 bits per heavy atom. The molecule has 0 spiro atoms. The Morgan fingerprint density at radius 2 is 1.50 bits per heavy atom. The van der Waals surface area contributed by atoms with Crippen LogP contribution in [0.2, 0.25) is 0 Å². The summed E-state index contributed by atoms with van der Waals surface area (Å²) in [5, 5.41) is 0. The molecule has 0 amide bonds. The van der Waals surface area contributed by atoms with Gasteiger partial charge in [0, 0.05) is 7.14 Å². The Balaban J connectivity index is 3.28. The van der Waals surface area contributed by atoms with Gasteiger partial charge in [-0.1, -0.05) is 27.7 Å². The van der Waals surface area contributed by atoms with Crippen LogP contribution in [0, 0.1) is 7.14 Å². The summed E-state index contributed by atoms with van der Waals surface area (Å²) in [6.45, 7) is 9.01. The maximum Gasteiger partial charge on any atom is 0.0175 e. The Morgan fingerprint density at radius 3 is 1.79 bits per heavy atom. The molecule has 1 rings (SSSR count). The van der Waals surface area contributed by atoms with Crippen molar-refractivity contribution in [2.75, 3.05) is 0 Å². The number of halogens is 2. The smallest absolute Gasteiger partial charge is 0.0175 e. The summed E-state index contributed by atoms with van der Waals surface area (Å²) >= 11 is 4.89. The Labute approximate surface area is 114 Å². The van der Waals surface area contributed by atoms with Crippen LogP contribution in [0.5, 0.6) is 0 Å². The van der Waals surface area contributed by atoms with Gasteiger partial charge in [0.15, 0.2) is 0 Å². The summed E-state index contributed by atoms with van der Waals surface area (Å²) in [5.74, 6) is 0. The van der Waals surface area contributed by atoms with E-state index in [9.17, 15) is 0 Å². The zero-order valence-electron chi connectivity index (χ0n) is 9.12. The minimum absolute atomic E-state index is 0.256. The second-order valence-corrected chi connectivity index (χ2v) is 6.85. The highest BCUT2D eigenvalue weighted by molar-refractivity contribution is 14.1. The summed E-state index contributed by atoms with van der Waals surface area (Å²) < 4.78 is 2.81. The van der Waals surface area contributed by atoms with Crippen molar-refractivity contribution in [1.82, 2.24) is 0 Å². The molecule has 14 heavy (non-hydrogen) atoms. The predicted octanol–water partition coefficient (Wildman–Crippen LogP) is 4.76. The fraction of sp³-hybridized carbons (Fsp3) is 0.500. The molecule has 2 heteroatoms. The van der Waals surface area contributed by atoms with Crippen LogP contribution >= 0.6 is 45.2 Å². The second kappa shape index (κ2) is 4.68. The monoisotopic (exact) mass is 414 g/mol. The predicted molar refractivity (Wildman–Crippen MR) is 80.0 cm³/mol. The molecule has 1 aromatic rings. The van der Waals surface area contributed by atoms with Crippen LogP contribution in [-0.2, 0) is 11.8 Å². The molecule has 0 radical (unpaired) electrons. The average molecular weight is 414 g/mol. The quantitative estimate of drug-likeness (QED) is 0.582. The minimum atomic E-state index is 0.256. The fourth-order valence-corrected chi connectivity index (χ4v) is 3.90. The molecular weight excluding hydrogens is 398 g/mol. The normalized spacial score (nSPS) is 11.9. The van der Waals surface area contributed by atoms with E-state index < -0.39 is 0 Å². The van der Waals surface area contributed by atoms with Gasteiger partial charge in [-0.25, -0.2) is 0 Å². The lowest BCUT2D eigenvalue weighted by Gasteiger charge is -2.21. The highest BCUT2D eigenvalue weighted by Crippen LogP contribution is 2.29. The summed E-state index contributed by atoms with van der Waals surface area (Å²) in [7, 11) is 0. The van der Waals surface area contributed by atoms with Crippen LogP contribution in [0.25, 0.3) is 0 Å². The topological polar surface area (TPSA) is 0 Å². The number of hydrogen-bond donors (Lipinski definition) is 0. The van der Waals surface area contributed by atoms with Crippen molar-refractivity contribution in [2.45, 2.75) is 39.5 Å². The van der Waals surface area contributed by atoms with Crippen LogP contribution in [0.1, 0.15) is 38.8 Å². The summed E-state index contributed by atoms with van der Waals surface area (Å²) in [6.07, 6.45) is 1.13. The van der Waals surface area contributed by atoms with E-state index in [4.69, 9.17) is 0 Å². The molecule has 0 aromatic heterocycles. The molecule has 0 aliphatic carbocycles.